The molecule has 4 aromatic rings. The summed E-state index contributed by atoms with van der Waals surface area (Å²) in [4.78, 5) is 8.17. The van der Waals surface area contributed by atoms with E-state index in [1.54, 1.807) is 6.20 Å². The number of nitrogens with one attached hydrogen (secondary N) is 2. The number of fused-ring (bicyclic) bond motifs is 1. The molecule has 6 heteroatoms. The Morgan fingerprint density at radius 2 is 2.00 bits per heavy atom. The second-order valence-corrected chi connectivity index (χ2v) is 8.16. The van der Waals surface area contributed by atoms with E-state index in [2.05, 4.69) is 33.6 Å². The second kappa shape index (κ2) is 8.42. The highest BCUT2D eigenvalue weighted by Gasteiger charge is 2.29. The number of aliphatic hydroxyl groups is 1. The summed E-state index contributed by atoms with van der Waals surface area (Å²) < 4.78 is 1.92. The summed E-state index contributed by atoms with van der Waals surface area (Å²) in [5.41, 5.74) is 4.36. The smallest absolute Gasteiger partial charge is 0.109 e. The predicted molar refractivity (Wildman–Crippen MR) is 117 cm³/mol. The number of nitrogens with zero attached hydrogens (tertiary/aromatic N) is 3. The topological polar surface area (TPSA) is 78.8 Å². The Kier molecular flexibility index (Phi) is 5.34. The van der Waals surface area contributed by atoms with Crippen molar-refractivity contribution in [3.63, 3.8) is 0 Å². The summed E-state index contributed by atoms with van der Waals surface area (Å²) in [7, 11) is 0. The molecule has 1 aliphatic heterocycles. The molecular formula is C24H27N5O. The monoisotopic (exact) mass is 401 g/mol. The molecule has 0 spiro atoms. The number of aromatic amines is 1. The van der Waals surface area contributed by atoms with Crippen LogP contribution in [0.25, 0.3) is 11.0 Å². The van der Waals surface area contributed by atoms with Crippen LogP contribution < -0.4 is 5.32 Å². The minimum atomic E-state index is -0.455. The molecule has 3 N–H and O–H groups in total. The molecule has 154 valence electrons. The molecule has 1 saturated heterocycles. The number of aromatic nitrogens is 4. The highest BCUT2D eigenvalue weighted by molar-refractivity contribution is 5.75. The van der Waals surface area contributed by atoms with E-state index in [0.717, 1.165) is 54.6 Å². The van der Waals surface area contributed by atoms with Gasteiger partial charge in [-0.05, 0) is 48.6 Å². The van der Waals surface area contributed by atoms with Gasteiger partial charge in [0.1, 0.15) is 5.82 Å². The first kappa shape index (κ1) is 19.0. The molecule has 3 atom stereocenters. The van der Waals surface area contributed by atoms with Crippen molar-refractivity contribution in [3.05, 3.63) is 83.9 Å². The van der Waals surface area contributed by atoms with Crippen LogP contribution in [0.3, 0.4) is 0 Å². The SMILES string of the molecule is O[C@H](c1ccccc1)[C@H]1CC[C@@H](Cc2ccc3nc(CCn4cccn4)[nH]c3c2)N1. The molecule has 1 fully saturated rings. The van der Waals surface area contributed by atoms with Gasteiger partial charge in [-0.2, -0.15) is 5.10 Å². The van der Waals surface area contributed by atoms with Gasteiger partial charge in [-0.15, -0.1) is 0 Å². The standard InChI is InChI=1S/C24H27N5O/c30-24(18-5-2-1-3-6-18)21-10-8-19(26-21)15-17-7-9-20-22(16-17)28-23(27-20)11-14-29-13-4-12-25-29/h1-7,9,12-13,16,19,21,24,26,30H,8,10-11,14-15H2,(H,27,28)/t19-,21+,24+/m0/s1. The average Bonchev–Trinajstić information content (AvgIpc) is 3.53. The van der Waals surface area contributed by atoms with Gasteiger partial charge >= 0.3 is 0 Å². The number of aliphatic hydroxyl groups excluding tert-OH is 1. The van der Waals surface area contributed by atoms with Crippen LogP contribution in [0.15, 0.2) is 67.0 Å². The summed E-state index contributed by atoms with van der Waals surface area (Å²) in [6.07, 6.45) is 7.16. The van der Waals surface area contributed by atoms with Crippen LogP contribution in [0.2, 0.25) is 0 Å². The van der Waals surface area contributed by atoms with Crippen molar-refractivity contribution in [2.45, 2.75) is 50.4 Å². The summed E-state index contributed by atoms with van der Waals surface area (Å²) in [5, 5.41) is 18.6. The van der Waals surface area contributed by atoms with Gasteiger partial charge in [-0.1, -0.05) is 36.4 Å². The van der Waals surface area contributed by atoms with Gasteiger partial charge in [0, 0.05) is 37.4 Å². The molecule has 30 heavy (non-hydrogen) atoms. The maximum absolute atomic E-state index is 10.7. The van der Waals surface area contributed by atoms with E-state index in [9.17, 15) is 5.11 Å². The minimum Gasteiger partial charge on any atom is -0.387 e. The Morgan fingerprint density at radius 1 is 1.10 bits per heavy atom. The van der Waals surface area contributed by atoms with Gasteiger partial charge in [0.15, 0.2) is 0 Å². The summed E-state index contributed by atoms with van der Waals surface area (Å²) in [6.45, 7) is 0.816. The Bertz CT molecular complexity index is 1090. The molecule has 3 heterocycles. The zero-order chi connectivity index (χ0) is 20.3. The molecule has 0 bridgehead atoms. The summed E-state index contributed by atoms with van der Waals surface area (Å²) in [6, 6.07) is 18.8. The number of benzene rings is 2. The van der Waals surface area contributed by atoms with Gasteiger partial charge in [-0.3, -0.25) is 4.68 Å². The molecule has 6 nitrogen and oxygen atoms in total. The van der Waals surface area contributed by atoms with Crippen molar-refractivity contribution in [1.82, 2.24) is 25.1 Å². The van der Waals surface area contributed by atoms with E-state index in [1.807, 2.05) is 47.3 Å². The lowest BCUT2D eigenvalue weighted by Crippen LogP contribution is -2.35. The van der Waals surface area contributed by atoms with E-state index in [1.165, 1.54) is 5.56 Å². The summed E-state index contributed by atoms with van der Waals surface area (Å²) in [5.74, 6) is 0.989. The Labute approximate surface area is 176 Å². The molecule has 0 aliphatic carbocycles. The first-order valence-corrected chi connectivity index (χ1v) is 10.7. The highest BCUT2D eigenvalue weighted by atomic mass is 16.3. The largest absolute Gasteiger partial charge is 0.387 e. The Hall–Kier alpha value is -2.96. The van der Waals surface area contributed by atoms with Crippen LogP contribution in [0.5, 0.6) is 0 Å². The van der Waals surface area contributed by atoms with E-state index >= 15 is 0 Å². The lowest BCUT2D eigenvalue weighted by Gasteiger charge is -2.20. The number of H-pyrrole nitrogens is 1. The fourth-order valence-corrected chi connectivity index (χ4v) is 4.44. The minimum absolute atomic E-state index is 0.113. The van der Waals surface area contributed by atoms with Crippen LogP contribution in [0.1, 0.15) is 35.9 Å². The molecule has 0 amide bonds. The maximum atomic E-state index is 10.7. The van der Waals surface area contributed by atoms with Crippen molar-refractivity contribution in [2.24, 2.45) is 0 Å². The number of aryl methyl sites for hydroxylation is 2. The number of hydrogen-bond acceptors (Lipinski definition) is 4. The molecule has 1 aliphatic rings. The fraction of sp³-hybridized carbons (Fsp3) is 0.333. The third-order valence-electron chi connectivity index (χ3n) is 6.01. The Morgan fingerprint density at radius 3 is 2.83 bits per heavy atom. The van der Waals surface area contributed by atoms with Crippen LogP contribution in [-0.4, -0.2) is 36.9 Å². The molecule has 0 saturated carbocycles. The fourth-order valence-electron chi connectivity index (χ4n) is 4.44. The predicted octanol–water partition coefficient (Wildman–Crippen LogP) is 3.40. The van der Waals surface area contributed by atoms with Crippen molar-refractivity contribution in [1.29, 1.82) is 0 Å². The molecule has 2 aromatic carbocycles. The van der Waals surface area contributed by atoms with Crippen LogP contribution in [0.4, 0.5) is 0 Å². The first-order chi connectivity index (χ1) is 14.7. The molecule has 2 aromatic heterocycles. The van der Waals surface area contributed by atoms with Gasteiger partial charge in [0.2, 0.25) is 0 Å². The van der Waals surface area contributed by atoms with E-state index in [0.29, 0.717) is 6.04 Å². The van der Waals surface area contributed by atoms with Crippen LogP contribution >= 0.6 is 0 Å². The summed E-state index contributed by atoms with van der Waals surface area (Å²) >= 11 is 0. The maximum Gasteiger partial charge on any atom is 0.109 e. The van der Waals surface area contributed by atoms with E-state index in [4.69, 9.17) is 4.98 Å². The average molecular weight is 402 g/mol. The van der Waals surface area contributed by atoms with Gasteiger partial charge in [-0.25, -0.2) is 4.98 Å². The number of hydrogen-bond donors (Lipinski definition) is 3. The van der Waals surface area contributed by atoms with Gasteiger partial charge in [0.25, 0.3) is 0 Å². The molecule has 5 rings (SSSR count). The zero-order valence-electron chi connectivity index (χ0n) is 16.9. The van der Waals surface area contributed by atoms with E-state index < -0.39 is 6.10 Å². The van der Waals surface area contributed by atoms with Crippen LogP contribution in [-0.2, 0) is 19.4 Å². The number of rotatable bonds is 7. The molecular weight excluding hydrogens is 374 g/mol. The van der Waals surface area contributed by atoms with Crippen molar-refractivity contribution >= 4 is 11.0 Å². The quantitative estimate of drug-likeness (QED) is 0.443. The van der Waals surface area contributed by atoms with Crippen LogP contribution in [0, 0.1) is 0 Å². The lowest BCUT2D eigenvalue weighted by atomic mass is 10.0. The Balaban J connectivity index is 1.21. The third kappa shape index (κ3) is 4.15. The molecule has 0 radical (unpaired) electrons. The van der Waals surface area contributed by atoms with Crippen molar-refractivity contribution in [2.75, 3.05) is 0 Å². The normalized spacial score (nSPS) is 20.0. The highest BCUT2D eigenvalue weighted by Crippen LogP contribution is 2.27. The zero-order valence-corrected chi connectivity index (χ0v) is 16.9. The third-order valence-corrected chi connectivity index (χ3v) is 6.01. The second-order valence-electron chi connectivity index (χ2n) is 8.16. The lowest BCUT2D eigenvalue weighted by molar-refractivity contribution is 0.135. The van der Waals surface area contributed by atoms with E-state index in [-0.39, 0.29) is 6.04 Å². The van der Waals surface area contributed by atoms with Crippen molar-refractivity contribution < 1.29 is 5.11 Å². The number of imidazole rings is 1. The molecule has 0 unspecified atom stereocenters. The van der Waals surface area contributed by atoms with Gasteiger partial charge in [0.05, 0.1) is 17.1 Å². The first-order valence-electron chi connectivity index (χ1n) is 10.7. The van der Waals surface area contributed by atoms with Gasteiger partial charge < -0.3 is 15.4 Å². The van der Waals surface area contributed by atoms with Crippen molar-refractivity contribution in [3.8, 4) is 0 Å².